The van der Waals surface area contributed by atoms with Crippen LogP contribution in [0.5, 0.6) is 0 Å². The Labute approximate surface area is 172 Å². The molecule has 0 radical (unpaired) electrons. The van der Waals surface area contributed by atoms with Crippen molar-refractivity contribution in [2.24, 2.45) is 5.92 Å². The molecule has 0 saturated carbocycles. The zero-order valence-electron chi connectivity index (χ0n) is 16.6. The molecule has 6 heteroatoms. The molecule has 1 heterocycles. The number of rotatable bonds is 7. The second-order valence-corrected chi connectivity index (χ2v) is 8.08. The van der Waals surface area contributed by atoms with Crippen LogP contribution in [0.1, 0.15) is 17.5 Å². The Morgan fingerprint density at radius 2 is 1.82 bits per heavy atom. The van der Waals surface area contributed by atoms with Gasteiger partial charge in [-0.05, 0) is 61.8 Å². The summed E-state index contributed by atoms with van der Waals surface area (Å²) in [5.41, 5.74) is 3.58. The third kappa shape index (κ3) is 5.88. The number of hydrogen-bond donors (Lipinski definition) is 2. The highest BCUT2D eigenvalue weighted by Crippen LogP contribution is 2.24. The molecule has 0 aromatic heterocycles. The van der Waals surface area contributed by atoms with Crippen molar-refractivity contribution >= 4 is 23.3 Å². The molecule has 0 bridgehead atoms. The fourth-order valence-electron chi connectivity index (χ4n) is 3.59. The number of nitrogens with one attached hydrogen (secondary N) is 2. The first-order valence-electron chi connectivity index (χ1n) is 9.75. The Balaban J connectivity index is 1.42. The normalized spacial score (nSPS) is 16.4. The van der Waals surface area contributed by atoms with Crippen LogP contribution < -0.4 is 15.5 Å². The van der Waals surface area contributed by atoms with Crippen LogP contribution in [0, 0.1) is 5.92 Å². The minimum atomic E-state index is -0.107. The molecule has 0 unspecified atom stereocenters. The maximum Gasteiger partial charge on any atom is 0.315 e. The first-order valence-corrected chi connectivity index (χ1v) is 10.1. The Kier molecular flexibility index (Phi) is 7.18. The third-order valence-electron chi connectivity index (χ3n) is 5.07. The number of anilines is 1. The van der Waals surface area contributed by atoms with Crippen molar-refractivity contribution in [3.05, 3.63) is 64.7 Å². The van der Waals surface area contributed by atoms with E-state index in [0.29, 0.717) is 19.0 Å². The van der Waals surface area contributed by atoms with Gasteiger partial charge < -0.3 is 20.4 Å². The van der Waals surface area contributed by atoms with E-state index in [-0.39, 0.29) is 6.03 Å². The summed E-state index contributed by atoms with van der Waals surface area (Å²) in [4.78, 5) is 16.7. The summed E-state index contributed by atoms with van der Waals surface area (Å²) in [6, 6.07) is 16.1. The van der Waals surface area contributed by atoms with Gasteiger partial charge in [0, 0.05) is 43.4 Å². The molecule has 1 atom stereocenters. The molecule has 1 fully saturated rings. The summed E-state index contributed by atoms with van der Waals surface area (Å²) >= 11 is 5.96. The lowest BCUT2D eigenvalue weighted by atomic mass is 10.1. The van der Waals surface area contributed by atoms with Crippen molar-refractivity contribution in [1.82, 2.24) is 15.5 Å². The zero-order valence-corrected chi connectivity index (χ0v) is 17.4. The van der Waals surface area contributed by atoms with E-state index in [1.165, 1.54) is 11.3 Å². The topological polar surface area (TPSA) is 47.6 Å². The fraction of sp³-hybridized carbons (Fsp3) is 0.409. The third-order valence-corrected chi connectivity index (χ3v) is 5.33. The van der Waals surface area contributed by atoms with E-state index in [2.05, 4.69) is 44.7 Å². The number of halogens is 1. The number of carbonyl (C=O) groups is 1. The van der Waals surface area contributed by atoms with E-state index in [4.69, 9.17) is 11.6 Å². The maximum absolute atomic E-state index is 12.2. The first-order chi connectivity index (χ1) is 13.5. The van der Waals surface area contributed by atoms with E-state index in [0.717, 1.165) is 36.6 Å². The van der Waals surface area contributed by atoms with Crippen molar-refractivity contribution in [2.75, 3.05) is 38.6 Å². The van der Waals surface area contributed by atoms with Gasteiger partial charge in [-0.3, -0.25) is 0 Å². The molecule has 5 nitrogen and oxygen atoms in total. The van der Waals surface area contributed by atoms with Crippen LogP contribution in [0.25, 0.3) is 0 Å². The summed E-state index contributed by atoms with van der Waals surface area (Å²) < 4.78 is 0. The number of hydrogen-bond acceptors (Lipinski definition) is 3. The average molecular weight is 401 g/mol. The van der Waals surface area contributed by atoms with Gasteiger partial charge in [0.25, 0.3) is 0 Å². The van der Waals surface area contributed by atoms with E-state index in [9.17, 15) is 4.79 Å². The van der Waals surface area contributed by atoms with Gasteiger partial charge in [0.1, 0.15) is 0 Å². The number of urea groups is 1. The lowest BCUT2D eigenvalue weighted by Crippen LogP contribution is -2.38. The Bertz CT molecular complexity index is 778. The second-order valence-electron chi connectivity index (χ2n) is 7.65. The molecule has 3 rings (SSSR count). The van der Waals surface area contributed by atoms with E-state index >= 15 is 0 Å². The molecule has 2 aromatic carbocycles. The smallest absolute Gasteiger partial charge is 0.315 e. The summed E-state index contributed by atoms with van der Waals surface area (Å²) in [7, 11) is 4.09. The molecule has 1 aliphatic heterocycles. The van der Waals surface area contributed by atoms with Crippen molar-refractivity contribution in [1.29, 1.82) is 0 Å². The predicted molar refractivity (Wildman–Crippen MR) is 116 cm³/mol. The minimum Gasteiger partial charge on any atom is -0.371 e. The van der Waals surface area contributed by atoms with Crippen molar-refractivity contribution in [3.63, 3.8) is 0 Å². The highest BCUT2D eigenvalue weighted by atomic mass is 35.5. The number of amides is 2. The zero-order chi connectivity index (χ0) is 19.9. The van der Waals surface area contributed by atoms with E-state index < -0.39 is 0 Å². The predicted octanol–water partition coefficient (Wildman–Crippen LogP) is 3.73. The molecule has 2 aromatic rings. The average Bonchev–Trinajstić information content (AvgIpc) is 3.15. The van der Waals surface area contributed by atoms with Gasteiger partial charge in [0.2, 0.25) is 0 Å². The first kappa shape index (κ1) is 20.5. The lowest BCUT2D eigenvalue weighted by molar-refractivity contribution is 0.239. The van der Waals surface area contributed by atoms with Crippen LogP contribution in [0.4, 0.5) is 10.5 Å². The standard InChI is InChI=1S/C22H29ClN4O/c1-26(2)16-19-6-4-3-5-18(19)14-25-22(28)24-13-17-11-12-27(15-17)21-9-7-20(23)8-10-21/h3-10,17H,11-16H2,1-2H3,(H2,24,25,28)/t17-/m0/s1. The van der Waals surface area contributed by atoms with Crippen LogP contribution in [-0.4, -0.2) is 44.7 Å². The van der Waals surface area contributed by atoms with Crippen LogP contribution in [-0.2, 0) is 13.1 Å². The highest BCUT2D eigenvalue weighted by Gasteiger charge is 2.23. The molecule has 1 saturated heterocycles. The minimum absolute atomic E-state index is 0.107. The SMILES string of the molecule is CN(C)Cc1ccccc1CNC(=O)NC[C@@H]1CCN(c2ccc(Cl)cc2)C1. The van der Waals surface area contributed by atoms with Gasteiger partial charge in [0.05, 0.1) is 0 Å². The number of nitrogens with zero attached hydrogens (tertiary/aromatic N) is 2. The summed E-state index contributed by atoms with van der Waals surface area (Å²) in [5.74, 6) is 0.461. The van der Waals surface area contributed by atoms with Gasteiger partial charge in [-0.1, -0.05) is 35.9 Å². The monoisotopic (exact) mass is 400 g/mol. The highest BCUT2D eigenvalue weighted by molar-refractivity contribution is 6.30. The molecule has 0 spiro atoms. The molecule has 150 valence electrons. The molecule has 2 amide bonds. The van der Waals surface area contributed by atoms with Crippen LogP contribution >= 0.6 is 11.6 Å². The second kappa shape index (κ2) is 9.80. The van der Waals surface area contributed by atoms with Crippen LogP contribution in [0.2, 0.25) is 5.02 Å². The molecule has 2 N–H and O–H groups in total. The molecular weight excluding hydrogens is 372 g/mol. The molecule has 1 aliphatic rings. The van der Waals surface area contributed by atoms with Crippen LogP contribution in [0.3, 0.4) is 0 Å². The Morgan fingerprint density at radius 3 is 2.54 bits per heavy atom. The van der Waals surface area contributed by atoms with Crippen molar-refractivity contribution < 1.29 is 4.79 Å². The molecule has 0 aliphatic carbocycles. The molecule has 28 heavy (non-hydrogen) atoms. The van der Waals surface area contributed by atoms with Gasteiger partial charge in [-0.15, -0.1) is 0 Å². The fourth-order valence-corrected chi connectivity index (χ4v) is 3.71. The van der Waals surface area contributed by atoms with Crippen molar-refractivity contribution in [2.45, 2.75) is 19.5 Å². The van der Waals surface area contributed by atoms with Gasteiger partial charge >= 0.3 is 6.03 Å². The quantitative estimate of drug-likeness (QED) is 0.744. The lowest BCUT2D eigenvalue weighted by Gasteiger charge is -2.19. The maximum atomic E-state index is 12.2. The van der Waals surface area contributed by atoms with E-state index in [1.54, 1.807) is 0 Å². The Hall–Kier alpha value is -2.24. The van der Waals surface area contributed by atoms with Gasteiger partial charge in [0.15, 0.2) is 0 Å². The number of benzene rings is 2. The van der Waals surface area contributed by atoms with Crippen molar-refractivity contribution in [3.8, 4) is 0 Å². The Morgan fingerprint density at radius 1 is 1.11 bits per heavy atom. The number of carbonyl (C=O) groups excluding carboxylic acids is 1. The summed E-state index contributed by atoms with van der Waals surface area (Å²) in [6.45, 7) is 4.05. The largest absolute Gasteiger partial charge is 0.371 e. The van der Waals surface area contributed by atoms with Gasteiger partial charge in [-0.2, -0.15) is 0 Å². The summed E-state index contributed by atoms with van der Waals surface area (Å²) in [5, 5.41) is 6.77. The van der Waals surface area contributed by atoms with Crippen LogP contribution in [0.15, 0.2) is 48.5 Å². The van der Waals surface area contributed by atoms with E-state index in [1.807, 2.05) is 38.4 Å². The molecular formula is C22H29ClN4O. The summed E-state index contributed by atoms with van der Waals surface area (Å²) in [6.07, 6.45) is 1.08. The van der Waals surface area contributed by atoms with Gasteiger partial charge in [-0.25, -0.2) is 4.79 Å².